The van der Waals surface area contributed by atoms with Crippen LogP contribution in [0.4, 0.5) is 0 Å². The fourth-order valence-corrected chi connectivity index (χ4v) is 3.01. The quantitative estimate of drug-likeness (QED) is 0.889. The second-order valence-electron chi connectivity index (χ2n) is 4.55. The van der Waals surface area contributed by atoms with Crippen LogP contribution in [0.15, 0.2) is 18.2 Å². The van der Waals surface area contributed by atoms with E-state index in [1.165, 1.54) is 0 Å². The summed E-state index contributed by atoms with van der Waals surface area (Å²) in [4.78, 5) is 11.4. The van der Waals surface area contributed by atoms with Crippen LogP contribution in [-0.4, -0.2) is 17.1 Å². The molecule has 1 fully saturated rings. The van der Waals surface area contributed by atoms with Crippen molar-refractivity contribution in [1.29, 1.82) is 0 Å². The van der Waals surface area contributed by atoms with E-state index in [-0.39, 0.29) is 6.04 Å². The van der Waals surface area contributed by atoms with Gasteiger partial charge in [-0.05, 0) is 25.0 Å². The average Bonchev–Trinajstić information content (AvgIpc) is 2.80. The third-order valence-corrected chi connectivity index (χ3v) is 3.95. The molecule has 1 aromatic rings. The highest BCUT2D eigenvalue weighted by molar-refractivity contribution is 6.36. The van der Waals surface area contributed by atoms with E-state index in [1.54, 1.807) is 18.2 Å². The largest absolute Gasteiger partial charge is 0.480 e. The number of hydrogen-bond acceptors (Lipinski definition) is 2. The number of nitrogens with one attached hydrogen (secondary N) is 1. The van der Waals surface area contributed by atoms with Crippen LogP contribution in [0.25, 0.3) is 0 Å². The molecule has 2 N–H and O–H groups in total. The zero-order valence-corrected chi connectivity index (χ0v) is 11.3. The van der Waals surface area contributed by atoms with E-state index in [0.717, 1.165) is 25.7 Å². The standard InChI is InChI=1S/C13H15Cl2NO2/c14-9-6-3-7-10(15)11(9)12(13(17)18)16-8-4-1-2-5-8/h3,6-8,12,16H,1-2,4-5H2,(H,17,18). The lowest BCUT2D eigenvalue weighted by atomic mass is 10.1. The van der Waals surface area contributed by atoms with E-state index in [0.29, 0.717) is 15.6 Å². The summed E-state index contributed by atoms with van der Waals surface area (Å²) in [7, 11) is 0. The van der Waals surface area contributed by atoms with E-state index in [1.807, 2.05) is 0 Å². The van der Waals surface area contributed by atoms with E-state index in [9.17, 15) is 9.90 Å². The van der Waals surface area contributed by atoms with Crippen LogP contribution >= 0.6 is 23.2 Å². The molecule has 0 aliphatic heterocycles. The molecule has 1 atom stereocenters. The molecule has 0 aromatic heterocycles. The molecule has 1 saturated carbocycles. The molecule has 2 rings (SSSR count). The van der Waals surface area contributed by atoms with Crippen molar-refractivity contribution in [1.82, 2.24) is 5.32 Å². The van der Waals surface area contributed by atoms with Crippen LogP contribution in [0, 0.1) is 0 Å². The first-order valence-corrected chi connectivity index (χ1v) is 6.78. The van der Waals surface area contributed by atoms with Crippen LogP contribution in [0.5, 0.6) is 0 Å². The first-order valence-electron chi connectivity index (χ1n) is 6.02. The number of aliphatic carboxylic acids is 1. The fraction of sp³-hybridized carbons (Fsp3) is 0.462. The predicted octanol–water partition coefficient (Wildman–Crippen LogP) is 3.65. The minimum Gasteiger partial charge on any atom is -0.480 e. The Hall–Kier alpha value is -0.770. The molecule has 5 heteroatoms. The number of carboxylic acids is 1. The van der Waals surface area contributed by atoms with Gasteiger partial charge in [0.05, 0.1) is 0 Å². The van der Waals surface area contributed by atoms with Crippen LogP contribution in [-0.2, 0) is 4.79 Å². The molecule has 1 unspecified atom stereocenters. The summed E-state index contributed by atoms with van der Waals surface area (Å²) >= 11 is 12.1. The van der Waals surface area contributed by atoms with Crippen molar-refractivity contribution in [3.63, 3.8) is 0 Å². The summed E-state index contributed by atoms with van der Waals surface area (Å²) in [6, 6.07) is 4.43. The van der Waals surface area contributed by atoms with Gasteiger partial charge in [-0.1, -0.05) is 42.1 Å². The lowest BCUT2D eigenvalue weighted by Crippen LogP contribution is -2.35. The van der Waals surface area contributed by atoms with Gasteiger partial charge in [0.1, 0.15) is 6.04 Å². The zero-order chi connectivity index (χ0) is 13.1. The number of benzene rings is 1. The van der Waals surface area contributed by atoms with Crippen LogP contribution in [0.1, 0.15) is 37.3 Å². The molecule has 1 aromatic carbocycles. The SMILES string of the molecule is O=C(O)C(NC1CCCC1)c1c(Cl)cccc1Cl. The number of rotatable bonds is 4. The molecular formula is C13H15Cl2NO2. The summed E-state index contributed by atoms with van der Waals surface area (Å²) in [6.07, 6.45) is 4.29. The average molecular weight is 288 g/mol. The van der Waals surface area contributed by atoms with Crippen LogP contribution in [0.3, 0.4) is 0 Å². The number of hydrogen-bond donors (Lipinski definition) is 2. The van der Waals surface area contributed by atoms with Crippen molar-refractivity contribution in [3.8, 4) is 0 Å². The molecule has 98 valence electrons. The van der Waals surface area contributed by atoms with Gasteiger partial charge in [-0.15, -0.1) is 0 Å². The monoisotopic (exact) mass is 287 g/mol. The first kappa shape index (κ1) is 13.7. The summed E-state index contributed by atoms with van der Waals surface area (Å²) in [5.41, 5.74) is 0.459. The normalized spacial score (nSPS) is 17.9. The van der Waals surface area contributed by atoms with Gasteiger partial charge in [-0.25, -0.2) is 0 Å². The molecule has 0 saturated heterocycles. The Balaban J connectivity index is 2.26. The molecule has 0 heterocycles. The summed E-state index contributed by atoms with van der Waals surface area (Å²) in [6.45, 7) is 0. The smallest absolute Gasteiger partial charge is 0.325 e. The Labute approximate surface area is 116 Å². The minimum absolute atomic E-state index is 0.235. The number of carbonyl (C=O) groups is 1. The van der Waals surface area contributed by atoms with E-state index in [2.05, 4.69) is 5.32 Å². The highest BCUT2D eigenvalue weighted by Crippen LogP contribution is 2.32. The molecule has 0 amide bonds. The molecule has 18 heavy (non-hydrogen) atoms. The highest BCUT2D eigenvalue weighted by Gasteiger charge is 2.28. The van der Waals surface area contributed by atoms with Crippen molar-refractivity contribution in [2.24, 2.45) is 0 Å². The Morgan fingerprint density at radius 3 is 2.33 bits per heavy atom. The lowest BCUT2D eigenvalue weighted by Gasteiger charge is -2.21. The van der Waals surface area contributed by atoms with Crippen molar-refractivity contribution in [2.45, 2.75) is 37.8 Å². The Bertz CT molecular complexity index is 424. The van der Waals surface area contributed by atoms with Gasteiger partial charge in [0.2, 0.25) is 0 Å². The van der Waals surface area contributed by atoms with Crippen molar-refractivity contribution < 1.29 is 9.90 Å². The van der Waals surface area contributed by atoms with E-state index < -0.39 is 12.0 Å². The topological polar surface area (TPSA) is 49.3 Å². The van der Waals surface area contributed by atoms with Gasteiger partial charge in [-0.2, -0.15) is 0 Å². The lowest BCUT2D eigenvalue weighted by molar-refractivity contribution is -0.139. The predicted molar refractivity (Wildman–Crippen MR) is 72.2 cm³/mol. The maximum absolute atomic E-state index is 11.4. The Morgan fingerprint density at radius 2 is 1.83 bits per heavy atom. The van der Waals surface area contributed by atoms with Gasteiger partial charge in [0.15, 0.2) is 0 Å². The Kier molecular flexibility index (Phi) is 4.49. The van der Waals surface area contributed by atoms with Crippen LogP contribution in [0.2, 0.25) is 10.0 Å². The second kappa shape index (κ2) is 5.91. The minimum atomic E-state index is -0.947. The summed E-state index contributed by atoms with van der Waals surface area (Å²) in [5, 5.41) is 13.3. The third-order valence-electron chi connectivity index (χ3n) is 3.29. The molecule has 1 aliphatic carbocycles. The number of halogens is 2. The van der Waals surface area contributed by atoms with Gasteiger partial charge in [0, 0.05) is 21.7 Å². The Morgan fingerprint density at radius 1 is 1.28 bits per heavy atom. The molecule has 0 bridgehead atoms. The van der Waals surface area contributed by atoms with Crippen molar-refractivity contribution in [2.75, 3.05) is 0 Å². The number of carboxylic acid groups (broad SMARTS) is 1. The molecule has 0 radical (unpaired) electrons. The van der Waals surface area contributed by atoms with Gasteiger partial charge in [-0.3, -0.25) is 10.1 Å². The van der Waals surface area contributed by atoms with E-state index in [4.69, 9.17) is 23.2 Å². The fourth-order valence-electron chi connectivity index (χ4n) is 2.39. The molecule has 1 aliphatic rings. The molecular weight excluding hydrogens is 273 g/mol. The van der Waals surface area contributed by atoms with E-state index >= 15 is 0 Å². The third kappa shape index (κ3) is 2.97. The van der Waals surface area contributed by atoms with Crippen molar-refractivity contribution in [3.05, 3.63) is 33.8 Å². The second-order valence-corrected chi connectivity index (χ2v) is 5.37. The van der Waals surface area contributed by atoms with Crippen molar-refractivity contribution >= 4 is 29.2 Å². The molecule has 0 spiro atoms. The zero-order valence-electron chi connectivity index (χ0n) is 9.83. The van der Waals surface area contributed by atoms with Crippen LogP contribution < -0.4 is 5.32 Å². The maximum Gasteiger partial charge on any atom is 0.325 e. The summed E-state index contributed by atoms with van der Waals surface area (Å²) < 4.78 is 0. The van der Waals surface area contributed by atoms with Gasteiger partial charge >= 0.3 is 5.97 Å². The first-order chi connectivity index (χ1) is 8.59. The maximum atomic E-state index is 11.4. The highest BCUT2D eigenvalue weighted by atomic mass is 35.5. The van der Waals surface area contributed by atoms with Gasteiger partial charge < -0.3 is 5.11 Å². The summed E-state index contributed by atoms with van der Waals surface area (Å²) in [5.74, 6) is -0.947. The van der Waals surface area contributed by atoms with Gasteiger partial charge in [0.25, 0.3) is 0 Å². The molecule has 3 nitrogen and oxygen atoms in total.